The molecule has 9 heteroatoms. The van der Waals surface area contributed by atoms with Gasteiger partial charge in [0.25, 0.3) is 5.91 Å². The topological polar surface area (TPSA) is 91.8 Å². The van der Waals surface area contributed by atoms with Gasteiger partial charge >= 0.3 is 0 Å². The Labute approximate surface area is 184 Å². The van der Waals surface area contributed by atoms with Crippen molar-refractivity contribution in [2.24, 2.45) is 0 Å². The van der Waals surface area contributed by atoms with Crippen LogP contribution in [0.2, 0.25) is 5.02 Å². The maximum absolute atomic E-state index is 14.4. The van der Waals surface area contributed by atoms with E-state index in [0.29, 0.717) is 22.1 Å². The molecule has 0 aliphatic carbocycles. The van der Waals surface area contributed by atoms with Gasteiger partial charge in [-0.15, -0.1) is 0 Å². The molecule has 7 nitrogen and oxygen atoms in total. The molecule has 0 atom stereocenters. The number of anilines is 2. The van der Waals surface area contributed by atoms with E-state index in [-0.39, 0.29) is 29.3 Å². The first-order valence-corrected chi connectivity index (χ1v) is 10.3. The largest absolute Gasteiger partial charge is 0.347 e. The van der Waals surface area contributed by atoms with E-state index in [4.69, 9.17) is 11.6 Å². The first-order chi connectivity index (χ1) is 14.9. The molecule has 1 saturated heterocycles. The fourth-order valence-corrected chi connectivity index (χ4v) is 3.35. The zero-order valence-electron chi connectivity index (χ0n) is 17.1. The summed E-state index contributed by atoms with van der Waals surface area (Å²) in [4.78, 5) is 25.7. The summed E-state index contributed by atoms with van der Waals surface area (Å²) in [6, 6.07) is 6.05. The summed E-state index contributed by atoms with van der Waals surface area (Å²) in [5.74, 6) is 0.104. The first kappa shape index (κ1) is 21.1. The molecule has 3 N–H and O–H groups in total. The molecule has 3 heterocycles. The Kier molecular flexibility index (Phi) is 6.11. The molecule has 1 fully saturated rings. The molecular weight excluding hydrogens is 419 g/mol. The molecule has 1 aromatic carbocycles. The van der Waals surface area contributed by atoms with Crippen LogP contribution in [-0.4, -0.2) is 40.0 Å². The predicted octanol–water partition coefficient (Wildman–Crippen LogP) is 3.90. The van der Waals surface area contributed by atoms with Crippen molar-refractivity contribution in [2.45, 2.75) is 25.8 Å². The van der Waals surface area contributed by atoms with Crippen LogP contribution in [0.5, 0.6) is 0 Å². The molecule has 4 rings (SSSR count). The number of carbonyl (C=O) groups excluding carboxylic acids is 1. The van der Waals surface area contributed by atoms with Gasteiger partial charge in [-0.25, -0.2) is 14.4 Å². The highest BCUT2D eigenvalue weighted by Crippen LogP contribution is 2.30. The lowest BCUT2D eigenvalue weighted by atomic mass is 10.1. The van der Waals surface area contributed by atoms with Gasteiger partial charge in [-0.2, -0.15) is 0 Å². The lowest BCUT2D eigenvalue weighted by Gasteiger charge is -2.28. The van der Waals surface area contributed by atoms with Crippen LogP contribution in [-0.2, 0) is 0 Å². The highest BCUT2D eigenvalue weighted by Gasteiger charge is 2.22. The zero-order valence-corrected chi connectivity index (χ0v) is 17.9. The maximum Gasteiger partial charge on any atom is 0.255 e. The van der Waals surface area contributed by atoms with E-state index in [2.05, 4.69) is 30.9 Å². The number of hydrogen-bond acceptors (Lipinski definition) is 6. The van der Waals surface area contributed by atoms with Crippen LogP contribution in [0.4, 0.5) is 15.9 Å². The van der Waals surface area contributed by atoms with Crippen LogP contribution in [0.15, 0.2) is 42.9 Å². The third-order valence-corrected chi connectivity index (χ3v) is 5.28. The minimum absolute atomic E-state index is 0.0981. The molecule has 0 bridgehead atoms. The van der Waals surface area contributed by atoms with Crippen molar-refractivity contribution in [3.05, 3.63) is 64.8 Å². The molecule has 0 spiro atoms. The highest BCUT2D eigenvalue weighted by atomic mass is 35.5. The molecule has 3 aromatic rings. The maximum atomic E-state index is 14.4. The van der Waals surface area contributed by atoms with Gasteiger partial charge in [0.1, 0.15) is 11.6 Å². The third-order valence-electron chi connectivity index (χ3n) is 5.04. The Morgan fingerprint density at radius 3 is 2.77 bits per heavy atom. The van der Waals surface area contributed by atoms with Crippen LogP contribution in [0.3, 0.4) is 0 Å². The number of pyridine rings is 1. The Hall–Kier alpha value is -3.10. The average molecular weight is 441 g/mol. The van der Waals surface area contributed by atoms with E-state index in [0.717, 1.165) is 18.7 Å². The van der Waals surface area contributed by atoms with Crippen molar-refractivity contribution in [2.75, 3.05) is 18.4 Å². The van der Waals surface area contributed by atoms with Crippen molar-refractivity contribution in [1.82, 2.24) is 25.6 Å². The van der Waals surface area contributed by atoms with Gasteiger partial charge in [0.2, 0.25) is 0 Å². The monoisotopic (exact) mass is 440 g/mol. The van der Waals surface area contributed by atoms with Crippen molar-refractivity contribution in [1.29, 1.82) is 0 Å². The van der Waals surface area contributed by atoms with Crippen LogP contribution in [0.1, 0.15) is 35.7 Å². The number of amides is 1. The second-order valence-corrected chi connectivity index (χ2v) is 8.09. The normalized spacial score (nSPS) is 13.7. The summed E-state index contributed by atoms with van der Waals surface area (Å²) in [6.45, 7) is 5.50. The van der Waals surface area contributed by atoms with E-state index in [9.17, 15) is 9.18 Å². The smallest absolute Gasteiger partial charge is 0.255 e. The fraction of sp³-hybridized carbons (Fsp3) is 0.273. The molecular formula is C22H22ClFN6O. The molecule has 1 aliphatic rings. The minimum atomic E-state index is -0.467. The Morgan fingerprint density at radius 2 is 2.06 bits per heavy atom. The Balaban J connectivity index is 1.71. The first-order valence-electron chi connectivity index (χ1n) is 9.97. The van der Waals surface area contributed by atoms with Gasteiger partial charge in [-0.3, -0.25) is 9.78 Å². The molecule has 2 aromatic heterocycles. The van der Waals surface area contributed by atoms with Crippen LogP contribution in [0.25, 0.3) is 11.4 Å². The lowest BCUT2D eigenvalue weighted by molar-refractivity contribution is 0.0924. The van der Waals surface area contributed by atoms with Gasteiger partial charge in [0.15, 0.2) is 5.82 Å². The summed E-state index contributed by atoms with van der Waals surface area (Å²) in [7, 11) is 0. The molecule has 0 radical (unpaired) electrons. The SMILES string of the molecule is CC(C)c1cnc(-c2cc(Cl)ccc2F)nc1Nc1ccncc1C(=O)NC1CNC1. The van der Waals surface area contributed by atoms with Crippen LogP contribution < -0.4 is 16.0 Å². The van der Waals surface area contributed by atoms with Crippen LogP contribution in [0, 0.1) is 5.82 Å². The summed E-state index contributed by atoms with van der Waals surface area (Å²) < 4.78 is 14.4. The Morgan fingerprint density at radius 1 is 1.26 bits per heavy atom. The quantitative estimate of drug-likeness (QED) is 0.538. The third kappa shape index (κ3) is 4.65. The van der Waals surface area contributed by atoms with Crippen molar-refractivity contribution < 1.29 is 9.18 Å². The lowest BCUT2D eigenvalue weighted by Crippen LogP contribution is -2.57. The number of halogens is 2. The van der Waals surface area contributed by atoms with E-state index in [1.807, 2.05) is 13.8 Å². The second-order valence-electron chi connectivity index (χ2n) is 7.65. The number of nitrogens with zero attached hydrogens (tertiary/aromatic N) is 3. The highest BCUT2D eigenvalue weighted by molar-refractivity contribution is 6.30. The molecule has 1 amide bonds. The summed E-state index contributed by atoms with van der Waals surface area (Å²) in [5.41, 5.74) is 1.99. The van der Waals surface area contributed by atoms with E-state index in [1.165, 1.54) is 24.4 Å². The summed E-state index contributed by atoms with van der Waals surface area (Å²) in [6.07, 6.45) is 4.77. The van der Waals surface area contributed by atoms with Crippen molar-refractivity contribution in [3.8, 4) is 11.4 Å². The zero-order chi connectivity index (χ0) is 22.0. The van der Waals surface area contributed by atoms with E-state index < -0.39 is 5.82 Å². The second kappa shape index (κ2) is 8.95. The Bertz CT molecular complexity index is 1120. The molecule has 0 saturated carbocycles. The fourth-order valence-electron chi connectivity index (χ4n) is 3.18. The standard InChI is InChI=1S/C22H22ClFN6O/c1-12(2)16-11-27-20(15-7-13(23)3-4-18(15)24)30-21(16)29-19-5-6-25-10-17(19)22(31)28-14-8-26-9-14/h3-7,10-12,14,26H,8-9H2,1-2H3,(H,28,31)(H,25,27,29,30). The number of carbonyl (C=O) groups is 1. The molecule has 0 unspecified atom stereocenters. The van der Waals surface area contributed by atoms with Gasteiger partial charge in [-0.1, -0.05) is 25.4 Å². The number of rotatable bonds is 6. The van der Waals surface area contributed by atoms with E-state index >= 15 is 0 Å². The van der Waals surface area contributed by atoms with Gasteiger partial charge in [0.05, 0.1) is 22.9 Å². The van der Waals surface area contributed by atoms with Gasteiger partial charge in [0, 0.05) is 42.3 Å². The summed E-state index contributed by atoms with van der Waals surface area (Å²) >= 11 is 6.04. The molecule has 160 valence electrons. The number of nitrogens with one attached hydrogen (secondary N) is 3. The van der Waals surface area contributed by atoms with Crippen molar-refractivity contribution in [3.63, 3.8) is 0 Å². The van der Waals surface area contributed by atoms with Crippen LogP contribution >= 0.6 is 11.6 Å². The average Bonchev–Trinajstić information content (AvgIpc) is 2.72. The number of hydrogen-bond donors (Lipinski definition) is 3. The number of aromatic nitrogens is 3. The number of benzene rings is 1. The van der Waals surface area contributed by atoms with Gasteiger partial charge in [-0.05, 0) is 30.2 Å². The van der Waals surface area contributed by atoms with Crippen molar-refractivity contribution >= 4 is 29.0 Å². The minimum Gasteiger partial charge on any atom is -0.347 e. The summed E-state index contributed by atoms with van der Waals surface area (Å²) in [5, 5.41) is 9.71. The molecule has 31 heavy (non-hydrogen) atoms. The molecule has 1 aliphatic heterocycles. The van der Waals surface area contributed by atoms with Gasteiger partial charge < -0.3 is 16.0 Å². The van der Waals surface area contributed by atoms with E-state index in [1.54, 1.807) is 18.5 Å². The predicted molar refractivity (Wildman–Crippen MR) is 118 cm³/mol.